The summed E-state index contributed by atoms with van der Waals surface area (Å²) in [6.45, 7) is 0.704. The molecule has 0 spiro atoms. The molecule has 0 aromatic heterocycles. The van der Waals surface area contributed by atoms with Gasteiger partial charge in [-0.1, -0.05) is 52.3 Å². The predicted molar refractivity (Wildman–Crippen MR) is 124 cm³/mol. The third-order valence-electron chi connectivity index (χ3n) is 5.49. The summed E-state index contributed by atoms with van der Waals surface area (Å²) in [4.78, 5) is 25.4. The zero-order valence-electron chi connectivity index (χ0n) is 18.3. The first-order valence-electron chi connectivity index (χ1n) is 10.7. The fourth-order valence-electron chi connectivity index (χ4n) is 3.68. The summed E-state index contributed by atoms with van der Waals surface area (Å²) >= 11 is 3.22. The highest BCUT2D eigenvalue weighted by molar-refractivity contribution is 9.10. The highest BCUT2D eigenvalue weighted by Crippen LogP contribution is 2.33. The van der Waals surface area contributed by atoms with Gasteiger partial charge in [-0.2, -0.15) is 0 Å². The van der Waals surface area contributed by atoms with Crippen LogP contribution in [-0.2, 0) is 21.8 Å². The van der Waals surface area contributed by atoms with Gasteiger partial charge in [-0.05, 0) is 42.7 Å². The van der Waals surface area contributed by atoms with Crippen LogP contribution in [0.5, 0.6) is 0 Å². The van der Waals surface area contributed by atoms with Crippen molar-refractivity contribution in [3.05, 3.63) is 81.8 Å². The van der Waals surface area contributed by atoms with Crippen molar-refractivity contribution >= 4 is 28.0 Å². The number of benzene rings is 2. The Morgan fingerprint density at radius 2 is 2.03 bits per heavy atom. The van der Waals surface area contributed by atoms with Crippen LogP contribution in [-0.4, -0.2) is 43.3 Å². The van der Waals surface area contributed by atoms with Crippen molar-refractivity contribution in [2.75, 3.05) is 20.3 Å². The summed E-state index contributed by atoms with van der Waals surface area (Å²) in [7, 11) is 1.33. The summed E-state index contributed by atoms with van der Waals surface area (Å²) in [6.07, 6.45) is 4.16. The average Bonchev–Trinajstić information content (AvgIpc) is 2.80. The van der Waals surface area contributed by atoms with Gasteiger partial charge < -0.3 is 14.4 Å². The number of carbonyl (C=O) groups excluding carboxylic acids is 2. The Hall–Kier alpha value is -2.74. The molecule has 176 valence electrons. The first-order chi connectivity index (χ1) is 15.8. The van der Waals surface area contributed by atoms with Gasteiger partial charge in [0.05, 0.1) is 25.3 Å². The molecule has 1 amide bonds. The summed E-state index contributed by atoms with van der Waals surface area (Å²) in [5.41, 5.74) is 1.44. The van der Waals surface area contributed by atoms with Gasteiger partial charge >= 0.3 is 12.1 Å². The van der Waals surface area contributed by atoms with E-state index in [4.69, 9.17) is 9.47 Å². The van der Waals surface area contributed by atoms with Crippen LogP contribution in [0.4, 0.5) is 13.6 Å². The molecule has 1 fully saturated rings. The van der Waals surface area contributed by atoms with Crippen molar-refractivity contribution in [3.63, 3.8) is 0 Å². The predicted octanol–water partition coefficient (Wildman–Crippen LogP) is 6.12. The lowest BCUT2D eigenvalue weighted by Crippen LogP contribution is -2.45. The number of allylic oxidation sites excluding steroid dienone is 1. The molecule has 3 rings (SSSR count). The molecule has 1 saturated heterocycles. The number of halogens is 3. The van der Waals surface area contributed by atoms with Gasteiger partial charge in [-0.3, -0.25) is 0 Å². The summed E-state index contributed by atoms with van der Waals surface area (Å²) < 4.78 is 39.5. The van der Waals surface area contributed by atoms with Crippen LogP contribution in [0.15, 0.2) is 65.2 Å². The van der Waals surface area contributed by atoms with E-state index >= 15 is 0 Å². The zero-order valence-corrected chi connectivity index (χ0v) is 19.9. The second kappa shape index (κ2) is 11.4. The maximum Gasteiger partial charge on any atom is 0.410 e. The Balaban J connectivity index is 1.56. The Kier molecular flexibility index (Phi) is 8.61. The summed E-state index contributed by atoms with van der Waals surface area (Å²) in [5.74, 6) is -3.39. The van der Waals surface area contributed by atoms with Crippen LogP contribution >= 0.6 is 15.9 Å². The van der Waals surface area contributed by atoms with E-state index in [1.54, 1.807) is 35.2 Å². The molecular formula is C25H26BrF2NO4. The van der Waals surface area contributed by atoms with Gasteiger partial charge in [-0.25, -0.2) is 18.4 Å². The third-order valence-corrected chi connectivity index (χ3v) is 5.99. The number of hydrogen-bond acceptors (Lipinski definition) is 4. The number of aryl methyl sites for hydroxylation is 1. The van der Waals surface area contributed by atoms with Crippen LogP contribution in [0.2, 0.25) is 0 Å². The molecule has 0 radical (unpaired) electrons. The number of hydrogen-bond donors (Lipinski definition) is 0. The molecule has 0 unspecified atom stereocenters. The number of rotatable bonds is 9. The molecule has 1 heterocycles. The monoisotopic (exact) mass is 521 g/mol. The van der Waals surface area contributed by atoms with Crippen molar-refractivity contribution in [1.29, 1.82) is 0 Å². The number of amides is 1. The highest BCUT2D eigenvalue weighted by atomic mass is 79.9. The van der Waals surface area contributed by atoms with Gasteiger partial charge in [0.2, 0.25) is 0 Å². The molecule has 0 N–H and O–H groups in total. The van der Waals surface area contributed by atoms with Crippen LogP contribution in [0.3, 0.4) is 0 Å². The first-order valence-corrected chi connectivity index (χ1v) is 11.5. The molecule has 33 heavy (non-hydrogen) atoms. The molecule has 1 aliphatic heterocycles. The van der Waals surface area contributed by atoms with Crippen molar-refractivity contribution in [1.82, 2.24) is 4.90 Å². The van der Waals surface area contributed by atoms with Crippen molar-refractivity contribution in [2.45, 2.75) is 37.6 Å². The van der Waals surface area contributed by atoms with E-state index in [0.29, 0.717) is 35.8 Å². The van der Waals surface area contributed by atoms with Crippen molar-refractivity contribution in [2.24, 2.45) is 0 Å². The third kappa shape index (κ3) is 6.87. The summed E-state index contributed by atoms with van der Waals surface area (Å²) in [6, 6.07) is 12.9. The molecule has 1 atom stereocenters. The number of esters is 1. The van der Waals surface area contributed by atoms with Crippen LogP contribution in [0, 0.1) is 0 Å². The molecule has 1 aliphatic rings. The SMILES string of the molecule is COC(=O)c1ccc(CCCN2C(=O)OCC[C@@H]2/C=C/CC(F)(F)c2cccc(Br)c2)cc1. The van der Waals surface area contributed by atoms with Gasteiger partial charge in [-0.15, -0.1) is 0 Å². The molecule has 2 aromatic rings. The molecular weight excluding hydrogens is 496 g/mol. The van der Waals surface area contributed by atoms with E-state index in [2.05, 4.69) is 15.9 Å². The fourth-order valence-corrected chi connectivity index (χ4v) is 4.08. The highest BCUT2D eigenvalue weighted by Gasteiger charge is 2.31. The van der Waals surface area contributed by atoms with Gasteiger partial charge in [0.1, 0.15) is 0 Å². The molecule has 0 saturated carbocycles. The normalized spacial score (nSPS) is 16.7. The number of cyclic esters (lactones) is 1. The van der Waals surface area contributed by atoms with Gasteiger partial charge in [0.15, 0.2) is 0 Å². The van der Waals surface area contributed by atoms with E-state index in [1.165, 1.54) is 25.3 Å². The molecule has 2 aromatic carbocycles. The average molecular weight is 522 g/mol. The Labute approximate surface area is 200 Å². The van der Waals surface area contributed by atoms with Crippen LogP contribution in [0.1, 0.15) is 40.7 Å². The number of carbonyl (C=O) groups is 2. The fraction of sp³-hybridized carbons (Fsp3) is 0.360. The molecule has 8 heteroatoms. The lowest BCUT2D eigenvalue weighted by atomic mass is 10.0. The number of alkyl halides is 2. The van der Waals surface area contributed by atoms with Crippen LogP contribution < -0.4 is 0 Å². The Bertz CT molecular complexity index is 994. The lowest BCUT2D eigenvalue weighted by Gasteiger charge is -2.33. The quantitative estimate of drug-likeness (QED) is 0.294. The van der Waals surface area contributed by atoms with E-state index in [-0.39, 0.29) is 18.2 Å². The van der Waals surface area contributed by atoms with Crippen molar-refractivity contribution in [3.8, 4) is 0 Å². The number of nitrogens with zero attached hydrogens (tertiary/aromatic N) is 1. The topological polar surface area (TPSA) is 55.8 Å². The minimum atomic E-state index is -3.00. The maximum absolute atomic E-state index is 14.5. The smallest absolute Gasteiger partial charge is 0.410 e. The minimum Gasteiger partial charge on any atom is -0.465 e. The molecule has 5 nitrogen and oxygen atoms in total. The molecule has 0 aliphatic carbocycles. The Morgan fingerprint density at radius 3 is 2.73 bits per heavy atom. The van der Waals surface area contributed by atoms with Gasteiger partial charge in [0.25, 0.3) is 5.92 Å². The number of ether oxygens (including phenoxy) is 2. The maximum atomic E-state index is 14.5. The largest absolute Gasteiger partial charge is 0.465 e. The minimum absolute atomic E-state index is 0.0559. The van der Waals surface area contributed by atoms with Crippen LogP contribution in [0.25, 0.3) is 0 Å². The second-order valence-corrected chi connectivity index (χ2v) is 8.72. The van der Waals surface area contributed by atoms with Gasteiger partial charge in [0, 0.05) is 29.4 Å². The van der Waals surface area contributed by atoms with Crippen molar-refractivity contribution < 1.29 is 27.8 Å². The first kappa shape index (κ1) is 24.9. The van der Waals surface area contributed by atoms with E-state index in [0.717, 1.165) is 5.56 Å². The second-order valence-electron chi connectivity index (χ2n) is 7.80. The number of methoxy groups -OCH3 is 1. The Morgan fingerprint density at radius 1 is 1.27 bits per heavy atom. The standard InChI is InChI=1S/C25H26BrF2NO4/c1-32-23(30)19-11-9-18(10-12-19)5-4-15-29-22(13-16-33-24(29)31)8-3-14-25(27,28)20-6-2-7-21(26)17-20/h2-3,6-12,17,22H,4-5,13-16H2,1H3/b8-3+/t22-/m0/s1. The summed E-state index contributed by atoms with van der Waals surface area (Å²) in [5, 5.41) is 0. The van der Waals surface area contributed by atoms with E-state index in [1.807, 2.05) is 12.1 Å². The lowest BCUT2D eigenvalue weighted by molar-refractivity contribution is -0.00126. The van der Waals surface area contributed by atoms with E-state index < -0.39 is 24.4 Å². The molecule has 0 bridgehead atoms. The van der Waals surface area contributed by atoms with E-state index in [9.17, 15) is 18.4 Å². The zero-order chi connectivity index (χ0) is 23.8.